The van der Waals surface area contributed by atoms with E-state index in [1.165, 1.54) is 6.08 Å². The number of aliphatic hydroxyl groups is 2. The minimum Gasteiger partial charge on any atom is -0.480 e. The van der Waals surface area contributed by atoms with Crippen molar-refractivity contribution in [1.29, 1.82) is 0 Å². The molecule has 4 nitrogen and oxygen atoms in total. The van der Waals surface area contributed by atoms with Crippen LogP contribution in [0.25, 0.3) is 0 Å². The smallest absolute Gasteiger partial charge is 0.318 e. The second kappa shape index (κ2) is 5.72. The molecule has 0 aromatic carbocycles. The summed E-state index contributed by atoms with van der Waals surface area (Å²) < 4.78 is 0. The Bertz CT molecular complexity index is 182. The Hall–Kier alpha value is -0.870. The molecule has 0 spiro atoms. The zero-order chi connectivity index (χ0) is 10.3. The van der Waals surface area contributed by atoms with E-state index in [9.17, 15) is 4.79 Å². The molecule has 0 aromatic rings. The Morgan fingerprint density at radius 1 is 1.38 bits per heavy atom. The van der Waals surface area contributed by atoms with Crippen molar-refractivity contribution in [2.45, 2.75) is 19.8 Å². The minimum atomic E-state index is -1.52. The van der Waals surface area contributed by atoms with E-state index in [0.717, 1.165) is 12.8 Å². The summed E-state index contributed by atoms with van der Waals surface area (Å²) in [4.78, 5) is 10.7. The Morgan fingerprint density at radius 2 is 1.92 bits per heavy atom. The zero-order valence-corrected chi connectivity index (χ0v) is 7.73. The summed E-state index contributed by atoms with van der Waals surface area (Å²) in [5.74, 6) is -1.20. The predicted octanol–water partition coefficient (Wildman–Crippen LogP) is 0.398. The van der Waals surface area contributed by atoms with Crippen LogP contribution in [0, 0.1) is 5.41 Å². The molecule has 0 heterocycles. The number of rotatable bonds is 6. The first-order valence-electron chi connectivity index (χ1n) is 4.25. The quantitative estimate of drug-likeness (QED) is 0.527. The topological polar surface area (TPSA) is 77.8 Å². The van der Waals surface area contributed by atoms with Gasteiger partial charge in [-0.25, -0.2) is 0 Å². The Labute approximate surface area is 77.5 Å². The van der Waals surface area contributed by atoms with E-state index in [4.69, 9.17) is 15.3 Å². The van der Waals surface area contributed by atoms with Gasteiger partial charge in [0.25, 0.3) is 0 Å². The maximum Gasteiger partial charge on any atom is 0.318 e. The molecule has 3 N–H and O–H groups in total. The fraction of sp³-hybridized carbons (Fsp3) is 0.667. The van der Waals surface area contributed by atoms with Gasteiger partial charge < -0.3 is 15.3 Å². The highest BCUT2D eigenvalue weighted by Crippen LogP contribution is 2.18. The number of hydrogen-bond donors (Lipinski definition) is 3. The van der Waals surface area contributed by atoms with Crippen molar-refractivity contribution in [3.05, 3.63) is 12.2 Å². The lowest BCUT2D eigenvalue weighted by Crippen LogP contribution is -2.36. The Kier molecular flexibility index (Phi) is 5.34. The van der Waals surface area contributed by atoms with Crippen molar-refractivity contribution in [2.75, 3.05) is 13.2 Å². The molecule has 0 atom stereocenters. The molecule has 0 aliphatic carbocycles. The second-order valence-corrected chi connectivity index (χ2v) is 2.97. The van der Waals surface area contributed by atoms with Crippen LogP contribution in [0.3, 0.4) is 0 Å². The summed E-state index contributed by atoms with van der Waals surface area (Å²) >= 11 is 0. The molecule has 0 saturated carbocycles. The van der Waals surface area contributed by atoms with Gasteiger partial charge in [-0.05, 0) is 6.42 Å². The average molecular weight is 188 g/mol. The predicted molar refractivity (Wildman–Crippen MR) is 48.3 cm³/mol. The molecular formula is C9H16O4. The molecule has 0 radical (unpaired) electrons. The van der Waals surface area contributed by atoms with Crippen LogP contribution in [0.1, 0.15) is 19.8 Å². The van der Waals surface area contributed by atoms with E-state index in [-0.39, 0.29) is 0 Å². The fourth-order valence-electron chi connectivity index (χ4n) is 0.838. The molecule has 0 aliphatic heterocycles. The molecule has 0 saturated heterocycles. The third-order valence-corrected chi connectivity index (χ3v) is 1.88. The summed E-state index contributed by atoms with van der Waals surface area (Å²) in [6, 6.07) is 0. The van der Waals surface area contributed by atoms with Crippen LogP contribution in [0.4, 0.5) is 0 Å². The molecule has 0 rings (SSSR count). The van der Waals surface area contributed by atoms with Crippen LogP contribution < -0.4 is 0 Å². The van der Waals surface area contributed by atoms with Crippen molar-refractivity contribution >= 4 is 5.97 Å². The first-order chi connectivity index (χ1) is 6.13. The lowest BCUT2D eigenvalue weighted by molar-refractivity contribution is -0.150. The SMILES string of the molecule is CCCC=CC(CO)(CO)C(=O)O. The summed E-state index contributed by atoms with van der Waals surface area (Å²) in [6.45, 7) is 0.794. The van der Waals surface area contributed by atoms with Crippen LogP contribution in [0.5, 0.6) is 0 Å². The normalized spacial score (nSPS) is 12.2. The fourth-order valence-corrected chi connectivity index (χ4v) is 0.838. The third kappa shape index (κ3) is 3.16. The van der Waals surface area contributed by atoms with Crippen LogP contribution in [-0.2, 0) is 4.79 Å². The van der Waals surface area contributed by atoms with E-state index < -0.39 is 24.6 Å². The minimum absolute atomic E-state index is 0.584. The number of allylic oxidation sites excluding steroid dienone is 1. The Morgan fingerprint density at radius 3 is 2.23 bits per heavy atom. The molecule has 0 aromatic heterocycles. The number of carboxylic acid groups (broad SMARTS) is 1. The lowest BCUT2D eigenvalue weighted by atomic mass is 9.89. The molecule has 0 amide bonds. The molecule has 13 heavy (non-hydrogen) atoms. The number of carbonyl (C=O) groups is 1. The molecule has 0 bridgehead atoms. The van der Waals surface area contributed by atoms with Gasteiger partial charge in [-0.15, -0.1) is 0 Å². The molecule has 0 aliphatic rings. The number of unbranched alkanes of at least 4 members (excludes halogenated alkanes) is 1. The molecule has 76 valence electrons. The monoisotopic (exact) mass is 188 g/mol. The van der Waals surface area contributed by atoms with Gasteiger partial charge in [0.1, 0.15) is 5.41 Å². The number of hydrogen-bond acceptors (Lipinski definition) is 3. The number of aliphatic hydroxyl groups excluding tert-OH is 2. The summed E-state index contributed by atoms with van der Waals surface area (Å²) in [6.07, 6.45) is 4.68. The lowest BCUT2D eigenvalue weighted by Gasteiger charge is -2.20. The maximum atomic E-state index is 10.7. The molecule has 4 heteroatoms. The zero-order valence-electron chi connectivity index (χ0n) is 7.73. The highest BCUT2D eigenvalue weighted by Gasteiger charge is 2.34. The number of aliphatic carboxylic acids is 1. The van der Waals surface area contributed by atoms with Gasteiger partial charge in [-0.3, -0.25) is 4.79 Å². The van der Waals surface area contributed by atoms with Gasteiger partial charge in [0.15, 0.2) is 0 Å². The van der Waals surface area contributed by atoms with Crippen LogP contribution in [-0.4, -0.2) is 34.5 Å². The third-order valence-electron chi connectivity index (χ3n) is 1.88. The maximum absolute atomic E-state index is 10.7. The van der Waals surface area contributed by atoms with E-state index >= 15 is 0 Å². The summed E-state index contributed by atoms with van der Waals surface area (Å²) in [5, 5.41) is 26.5. The van der Waals surface area contributed by atoms with Gasteiger partial charge in [-0.2, -0.15) is 0 Å². The van der Waals surface area contributed by atoms with E-state index in [1.54, 1.807) is 6.08 Å². The van der Waals surface area contributed by atoms with E-state index in [0.29, 0.717) is 0 Å². The first-order valence-corrected chi connectivity index (χ1v) is 4.25. The highest BCUT2D eigenvalue weighted by atomic mass is 16.4. The van der Waals surface area contributed by atoms with Crippen molar-refractivity contribution in [3.63, 3.8) is 0 Å². The molecular weight excluding hydrogens is 172 g/mol. The van der Waals surface area contributed by atoms with Crippen LogP contribution in [0.15, 0.2) is 12.2 Å². The van der Waals surface area contributed by atoms with E-state index in [2.05, 4.69) is 0 Å². The van der Waals surface area contributed by atoms with Crippen LogP contribution in [0.2, 0.25) is 0 Å². The van der Waals surface area contributed by atoms with Gasteiger partial charge in [0.2, 0.25) is 0 Å². The van der Waals surface area contributed by atoms with E-state index in [1.807, 2.05) is 6.92 Å². The average Bonchev–Trinajstić information content (AvgIpc) is 2.13. The van der Waals surface area contributed by atoms with Gasteiger partial charge in [0, 0.05) is 0 Å². The van der Waals surface area contributed by atoms with Gasteiger partial charge in [0.05, 0.1) is 13.2 Å². The second-order valence-electron chi connectivity index (χ2n) is 2.97. The van der Waals surface area contributed by atoms with Crippen LogP contribution >= 0.6 is 0 Å². The molecule has 0 fully saturated rings. The Balaban J connectivity index is 4.48. The summed E-state index contributed by atoms with van der Waals surface area (Å²) in [7, 11) is 0. The highest BCUT2D eigenvalue weighted by molar-refractivity contribution is 5.77. The molecule has 0 unspecified atom stereocenters. The standard InChI is InChI=1S/C9H16O4/c1-2-3-4-5-9(6-10,7-11)8(12)13/h4-5,10-11H,2-3,6-7H2,1H3,(H,12,13). The largest absolute Gasteiger partial charge is 0.480 e. The van der Waals surface area contributed by atoms with Crippen molar-refractivity contribution in [3.8, 4) is 0 Å². The van der Waals surface area contributed by atoms with Crippen molar-refractivity contribution in [1.82, 2.24) is 0 Å². The first kappa shape index (κ1) is 12.1. The summed E-state index contributed by atoms with van der Waals surface area (Å²) in [5.41, 5.74) is -1.52. The van der Waals surface area contributed by atoms with Gasteiger partial charge >= 0.3 is 5.97 Å². The van der Waals surface area contributed by atoms with Crippen molar-refractivity contribution < 1.29 is 20.1 Å². The van der Waals surface area contributed by atoms with Crippen molar-refractivity contribution in [2.24, 2.45) is 5.41 Å². The van der Waals surface area contributed by atoms with Gasteiger partial charge in [-0.1, -0.05) is 25.5 Å². The number of carboxylic acids is 1.